The van der Waals surface area contributed by atoms with Crippen molar-refractivity contribution in [2.45, 2.75) is 11.0 Å². The Morgan fingerprint density at radius 3 is 2.96 bits per heavy atom. The van der Waals surface area contributed by atoms with Crippen molar-refractivity contribution in [3.8, 4) is 0 Å². The molecule has 3 rings (SSSR count). The molecule has 1 aliphatic rings. The minimum absolute atomic E-state index is 0. The molecular formula is C18H25FIN5OS. The topological polar surface area (TPSA) is 54.7 Å². The largest absolute Gasteiger partial charge is 0.370 e. The molecule has 27 heavy (non-hydrogen) atoms. The zero-order chi connectivity index (χ0) is 18.4. The molecule has 1 fully saturated rings. The van der Waals surface area contributed by atoms with Gasteiger partial charge in [-0.25, -0.2) is 4.39 Å². The smallest absolute Gasteiger partial charge is 0.193 e. The molecule has 1 saturated heterocycles. The Morgan fingerprint density at radius 1 is 1.44 bits per heavy atom. The minimum atomic E-state index is -0.172. The number of nitrogens with one attached hydrogen (secondary N) is 1. The summed E-state index contributed by atoms with van der Waals surface area (Å²) in [4.78, 5) is 7.24. The van der Waals surface area contributed by atoms with Gasteiger partial charge in [0.2, 0.25) is 0 Å². The van der Waals surface area contributed by atoms with Crippen LogP contribution in [0.1, 0.15) is 11.7 Å². The van der Waals surface area contributed by atoms with E-state index in [9.17, 15) is 4.39 Å². The number of hydrogen-bond donors (Lipinski definition) is 1. The first-order chi connectivity index (χ1) is 12.7. The molecular weight excluding hydrogens is 480 g/mol. The lowest BCUT2D eigenvalue weighted by molar-refractivity contribution is -0.00798. The number of halogens is 2. The molecule has 0 spiro atoms. The lowest BCUT2D eigenvalue weighted by Crippen LogP contribution is -2.48. The van der Waals surface area contributed by atoms with E-state index < -0.39 is 0 Å². The van der Waals surface area contributed by atoms with Crippen LogP contribution in [0.2, 0.25) is 0 Å². The zero-order valence-corrected chi connectivity index (χ0v) is 18.6. The number of ether oxygens (including phenoxy) is 1. The van der Waals surface area contributed by atoms with E-state index >= 15 is 0 Å². The van der Waals surface area contributed by atoms with Crippen LogP contribution in [-0.4, -0.2) is 59.7 Å². The normalized spacial score (nSPS) is 17.5. The van der Waals surface area contributed by atoms with Crippen LogP contribution in [-0.2, 0) is 11.8 Å². The van der Waals surface area contributed by atoms with E-state index in [-0.39, 0.29) is 35.9 Å². The fourth-order valence-corrected chi connectivity index (χ4v) is 3.67. The van der Waals surface area contributed by atoms with Gasteiger partial charge in [0.15, 0.2) is 5.96 Å². The van der Waals surface area contributed by atoms with Crippen LogP contribution in [0, 0.1) is 5.82 Å². The molecule has 1 N–H and O–H groups in total. The van der Waals surface area contributed by atoms with Crippen molar-refractivity contribution in [2.75, 3.05) is 39.0 Å². The quantitative estimate of drug-likeness (QED) is 0.223. The van der Waals surface area contributed by atoms with Crippen LogP contribution in [0.3, 0.4) is 0 Å². The molecule has 0 bridgehead atoms. The Bertz CT molecular complexity index is 757. The summed E-state index contributed by atoms with van der Waals surface area (Å²) in [6, 6.07) is 6.84. The van der Waals surface area contributed by atoms with E-state index in [2.05, 4.69) is 20.3 Å². The second kappa shape index (κ2) is 10.9. The molecule has 6 nitrogen and oxygen atoms in total. The van der Waals surface area contributed by atoms with Crippen LogP contribution in [0.25, 0.3) is 0 Å². The summed E-state index contributed by atoms with van der Waals surface area (Å²) >= 11 is 1.50. The maximum absolute atomic E-state index is 13.6. The number of benzene rings is 1. The van der Waals surface area contributed by atoms with Gasteiger partial charge in [0.05, 0.1) is 19.3 Å². The predicted octanol–water partition coefficient (Wildman–Crippen LogP) is 2.92. The summed E-state index contributed by atoms with van der Waals surface area (Å²) in [7, 11) is 3.68. The van der Waals surface area contributed by atoms with Crippen molar-refractivity contribution >= 4 is 41.7 Å². The van der Waals surface area contributed by atoms with Crippen LogP contribution in [0.4, 0.5) is 4.39 Å². The summed E-state index contributed by atoms with van der Waals surface area (Å²) in [6.07, 6.45) is 3.81. The molecule has 1 unspecified atom stereocenters. The van der Waals surface area contributed by atoms with E-state index in [0.717, 1.165) is 30.4 Å². The van der Waals surface area contributed by atoms with Gasteiger partial charge >= 0.3 is 0 Å². The van der Waals surface area contributed by atoms with Gasteiger partial charge in [-0.2, -0.15) is 5.10 Å². The average Bonchev–Trinajstić information content (AvgIpc) is 3.10. The standard InChI is InChI=1S/C18H24FN5OS.HI/c1-20-18(21-7-10-26-17-6-4-3-5-15(17)19)24-8-9-25-16(13-24)14-11-22-23(2)12-14;/h3-6,11-12,16H,7-10,13H2,1-2H3,(H,20,21);1H. The molecule has 2 aromatic rings. The molecule has 148 valence electrons. The summed E-state index contributed by atoms with van der Waals surface area (Å²) in [6.45, 7) is 2.87. The Morgan fingerprint density at radius 2 is 2.26 bits per heavy atom. The van der Waals surface area contributed by atoms with Crippen LogP contribution in [0.5, 0.6) is 0 Å². The van der Waals surface area contributed by atoms with Gasteiger partial charge in [0.25, 0.3) is 0 Å². The summed E-state index contributed by atoms with van der Waals surface area (Å²) in [5, 5.41) is 7.58. The number of rotatable bonds is 5. The number of thioether (sulfide) groups is 1. The van der Waals surface area contributed by atoms with Gasteiger partial charge in [-0.05, 0) is 12.1 Å². The Balaban J connectivity index is 0.00000261. The third-order valence-electron chi connectivity index (χ3n) is 4.15. The molecule has 0 radical (unpaired) electrons. The van der Waals surface area contributed by atoms with E-state index in [1.807, 2.05) is 25.5 Å². The highest BCUT2D eigenvalue weighted by molar-refractivity contribution is 14.0. The maximum Gasteiger partial charge on any atom is 0.193 e. The highest BCUT2D eigenvalue weighted by Crippen LogP contribution is 2.22. The molecule has 1 aromatic heterocycles. The van der Waals surface area contributed by atoms with Gasteiger partial charge in [0.1, 0.15) is 11.9 Å². The number of guanidine groups is 1. The number of hydrogen-bond acceptors (Lipinski definition) is 4. The van der Waals surface area contributed by atoms with Crippen molar-refractivity contribution in [3.63, 3.8) is 0 Å². The van der Waals surface area contributed by atoms with Crippen LogP contribution in [0.15, 0.2) is 46.5 Å². The molecule has 1 atom stereocenters. The number of aryl methyl sites for hydroxylation is 1. The summed E-state index contributed by atoms with van der Waals surface area (Å²) < 4.78 is 21.3. The van der Waals surface area contributed by atoms with Crippen molar-refractivity contribution in [1.82, 2.24) is 20.0 Å². The van der Waals surface area contributed by atoms with Crippen molar-refractivity contribution in [3.05, 3.63) is 48.0 Å². The van der Waals surface area contributed by atoms with Gasteiger partial charge < -0.3 is 15.0 Å². The second-order valence-electron chi connectivity index (χ2n) is 6.01. The van der Waals surface area contributed by atoms with E-state index in [0.29, 0.717) is 18.0 Å². The summed E-state index contributed by atoms with van der Waals surface area (Å²) in [5.41, 5.74) is 1.07. The first-order valence-corrected chi connectivity index (χ1v) is 9.59. The molecule has 0 amide bonds. The lowest BCUT2D eigenvalue weighted by atomic mass is 10.1. The number of morpholine rings is 1. The van der Waals surface area contributed by atoms with E-state index in [4.69, 9.17) is 4.74 Å². The highest BCUT2D eigenvalue weighted by Gasteiger charge is 2.25. The second-order valence-corrected chi connectivity index (χ2v) is 7.14. The van der Waals surface area contributed by atoms with Crippen molar-refractivity contribution in [2.24, 2.45) is 12.0 Å². The predicted molar refractivity (Wildman–Crippen MR) is 117 cm³/mol. The third kappa shape index (κ3) is 6.08. The fourth-order valence-electron chi connectivity index (χ4n) is 2.87. The molecule has 1 aromatic carbocycles. The number of aliphatic imine (C=N–C) groups is 1. The molecule has 0 aliphatic carbocycles. The fraction of sp³-hybridized carbons (Fsp3) is 0.444. The van der Waals surface area contributed by atoms with Crippen molar-refractivity contribution in [1.29, 1.82) is 0 Å². The Hall–Kier alpha value is -1.33. The molecule has 2 heterocycles. The van der Waals surface area contributed by atoms with E-state index in [1.165, 1.54) is 17.8 Å². The van der Waals surface area contributed by atoms with Crippen molar-refractivity contribution < 1.29 is 9.13 Å². The maximum atomic E-state index is 13.6. The zero-order valence-electron chi connectivity index (χ0n) is 15.5. The first-order valence-electron chi connectivity index (χ1n) is 8.60. The van der Waals surface area contributed by atoms with Crippen LogP contribution >= 0.6 is 35.7 Å². The minimum Gasteiger partial charge on any atom is -0.370 e. The SMILES string of the molecule is CN=C(NCCSc1ccccc1F)N1CCOC(c2cnn(C)c2)C1.I. The summed E-state index contributed by atoms with van der Waals surface area (Å²) in [5.74, 6) is 1.43. The van der Waals surface area contributed by atoms with Gasteiger partial charge in [-0.1, -0.05) is 12.1 Å². The van der Waals surface area contributed by atoms with Crippen LogP contribution < -0.4 is 5.32 Å². The third-order valence-corrected chi connectivity index (χ3v) is 5.20. The molecule has 0 saturated carbocycles. The number of nitrogens with zero attached hydrogens (tertiary/aromatic N) is 4. The molecule has 9 heteroatoms. The Labute approximate surface area is 180 Å². The lowest BCUT2D eigenvalue weighted by Gasteiger charge is -2.34. The van der Waals surface area contributed by atoms with E-state index in [1.54, 1.807) is 23.9 Å². The van der Waals surface area contributed by atoms with Gasteiger partial charge in [0, 0.05) is 49.6 Å². The monoisotopic (exact) mass is 505 g/mol. The van der Waals surface area contributed by atoms with Gasteiger partial charge in [-0.15, -0.1) is 35.7 Å². The Kier molecular flexibility index (Phi) is 8.84. The molecule has 1 aliphatic heterocycles. The first kappa shape index (κ1) is 22.0. The average molecular weight is 505 g/mol. The van der Waals surface area contributed by atoms with Gasteiger partial charge in [-0.3, -0.25) is 9.67 Å². The highest BCUT2D eigenvalue weighted by atomic mass is 127. The number of aromatic nitrogens is 2.